The maximum atomic E-state index is 11.9. The van der Waals surface area contributed by atoms with Crippen molar-refractivity contribution in [3.05, 3.63) is 41.6 Å². The minimum Gasteiger partial charge on any atom is -0.315 e. The first-order valence-electron chi connectivity index (χ1n) is 7.47. The zero-order valence-corrected chi connectivity index (χ0v) is 12.4. The molecule has 2 N–H and O–H groups in total. The van der Waals surface area contributed by atoms with Crippen LogP contribution in [-0.2, 0) is 0 Å². The summed E-state index contributed by atoms with van der Waals surface area (Å²) in [5.41, 5.74) is 3.06. The van der Waals surface area contributed by atoms with Gasteiger partial charge in [0.25, 0.3) is 0 Å². The Kier molecular flexibility index (Phi) is 5.22. The topological polar surface area (TPSA) is 41.1 Å². The third-order valence-corrected chi connectivity index (χ3v) is 3.95. The highest BCUT2D eigenvalue weighted by molar-refractivity contribution is 5.91. The highest BCUT2D eigenvalue weighted by Gasteiger charge is 2.10. The zero-order chi connectivity index (χ0) is 14.4. The molecular weight excluding hydrogens is 248 g/mol. The molecule has 1 aliphatic rings. The Bertz CT molecular complexity index is 468. The summed E-state index contributed by atoms with van der Waals surface area (Å²) in [5.74, 6) is 0.629. The van der Waals surface area contributed by atoms with Crippen LogP contribution in [0.4, 0.5) is 10.5 Å². The van der Waals surface area contributed by atoms with Gasteiger partial charge in [-0.25, -0.2) is 4.79 Å². The fourth-order valence-electron chi connectivity index (χ4n) is 2.75. The van der Waals surface area contributed by atoms with E-state index in [1.165, 1.54) is 32.1 Å². The lowest BCUT2D eigenvalue weighted by Crippen LogP contribution is -2.25. The highest BCUT2D eigenvalue weighted by atomic mass is 16.2. The number of anilines is 1. The number of benzene rings is 1. The lowest BCUT2D eigenvalue weighted by Gasteiger charge is -2.17. The second kappa shape index (κ2) is 7.13. The number of aryl methyl sites for hydroxylation is 2. The average Bonchev–Trinajstić information content (AvgIpc) is 2.44. The normalized spacial score (nSPS) is 16.3. The highest BCUT2D eigenvalue weighted by Crippen LogP contribution is 2.24. The molecule has 0 spiro atoms. The number of hydrogen-bond acceptors (Lipinski definition) is 1. The van der Waals surface area contributed by atoms with E-state index in [-0.39, 0.29) is 6.03 Å². The molecule has 0 aromatic heterocycles. The van der Waals surface area contributed by atoms with Crippen LogP contribution >= 0.6 is 0 Å². The van der Waals surface area contributed by atoms with Crippen LogP contribution in [0.15, 0.2) is 30.5 Å². The number of rotatable bonds is 3. The van der Waals surface area contributed by atoms with Crippen molar-refractivity contribution in [1.82, 2.24) is 5.32 Å². The molecule has 0 atom stereocenters. The molecule has 1 saturated carbocycles. The van der Waals surface area contributed by atoms with Gasteiger partial charge < -0.3 is 10.6 Å². The Morgan fingerprint density at radius 1 is 1.15 bits per heavy atom. The van der Waals surface area contributed by atoms with Crippen LogP contribution in [0.5, 0.6) is 0 Å². The van der Waals surface area contributed by atoms with Gasteiger partial charge in [0, 0.05) is 11.9 Å². The Balaban J connectivity index is 1.84. The van der Waals surface area contributed by atoms with Crippen LogP contribution in [0.1, 0.15) is 43.2 Å². The molecule has 0 bridgehead atoms. The molecule has 2 amide bonds. The van der Waals surface area contributed by atoms with Crippen molar-refractivity contribution >= 4 is 11.7 Å². The van der Waals surface area contributed by atoms with Gasteiger partial charge in [-0.15, -0.1) is 0 Å². The predicted octanol–water partition coefficient (Wildman–Crippen LogP) is 4.52. The minimum absolute atomic E-state index is 0.172. The first-order valence-corrected chi connectivity index (χ1v) is 7.47. The Labute approximate surface area is 121 Å². The van der Waals surface area contributed by atoms with E-state index in [2.05, 4.69) is 16.7 Å². The maximum Gasteiger partial charge on any atom is 0.323 e. The predicted molar refractivity (Wildman–Crippen MR) is 83.8 cm³/mol. The first-order chi connectivity index (χ1) is 9.66. The van der Waals surface area contributed by atoms with E-state index in [9.17, 15) is 4.79 Å². The molecule has 0 radical (unpaired) electrons. The SMILES string of the molecule is Cc1cccc(C)c1NC(=O)N/C=C/C1CCCCC1. The molecule has 0 unspecified atom stereocenters. The Hall–Kier alpha value is -1.77. The molecule has 3 nitrogen and oxygen atoms in total. The molecule has 0 saturated heterocycles. The van der Waals surface area contributed by atoms with E-state index in [1.807, 2.05) is 32.0 Å². The summed E-state index contributed by atoms with van der Waals surface area (Å²) in [7, 11) is 0. The van der Waals surface area contributed by atoms with E-state index in [4.69, 9.17) is 0 Å². The van der Waals surface area contributed by atoms with Gasteiger partial charge in [-0.05, 0) is 43.7 Å². The summed E-state index contributed by atoms with van der Waals surface area (Å²) in [6.45, 7) is 4.00. The fraction of sp³-hybridized carbons (Fsp3) is 0.471. The molecule has 0 aliphatic heterocycles. The number of carbonyl (C=O) groups is 1. The molecule has 2 rings (SSSR count). The van der Waals surface area contributed by atoms with Gasteiger partial charge in [0.15, 0.2) is 0 Å². The quantitative estimate of drug-likeness (QED) is 0.834. The lowest BCUT2D eigenvalue weighted by atomic mass is 9.89. The van der Waals surface area contributed by atoms with Crippen molar-refractivity contribution in [1.29, 1.82) is 0 Å². The van der Waals surface area contributed by atoms with E-state index in [1.54, 1.807) is 6.20 Å². The Morgan fingerprint density at radius 2 is 1.80 bits per heavy atom. The molecule has 20 heavy (non-hydrogen) atoms. The van der Waals surface area contributed by atoms with Gasteiger partial charge in [-0.3, -0.25) is 0 Å². The van der Waals surface area contributed by atoms with Crippen LogP contribution in [0.2, 0.25) is 0 Å². The number of amides is 2. The van der Waals surface area contributed by atoms with Gasteiger partial charge in [-0.2, -0.15) is 0 Å². The summed E-state index contributed by atoms with van der Waals surface area (Å²) in [4.78, 5) is 11.9. The first kappa shape index (κ1) is 14.6. The molecule has 0 heterocycles. The number of para-hydroxylation sites is 1. The number of urea groups is 1. The molecule has 1 fully saturated rings. The van der Waals surface area contributed by atoms with Crippen molar-refractivity contribution in [2.45, 2.75) is 46.0 Å². The summed E-state index contributed by atoms with van der Waals surface area (Å²) in [6.07, 6.45) is 10.4. The van der Waals surface area contributed by atoms with E-state index in [0.29, 0.717) is 5.92 Å². The number of nitrogens with one attached hydrogen (secondary N) is 2. The summed E-state index contributed by atoms with van der Waals surface area (Å²) in [6, 6.07) is 5.83. The second-order valence-electron chi connectivity index (χ2n) is 5.62. The Morgan fingerprint density at radius 3 is 2.45 bits per heavy atom. The van der Waals surface area contributed by atoms with Gasteiger partial charge in [0.1, 0.15) is 0 Å². The van der Waals surface area contributed by atoms with Gasteiger partial charge in [0.2, 0.25) is 0 Å². The minimum atomic E-state index is -0.172. The standard InChI is InChI=1S/C17H24N2O/c1-13-7-6-8-14(2)16(13)19-17(20)18-12-11-15-9-4-3-5-10-15/h6-8,11-12,15H,3-5,9-10H2,1-2H3,(H2,18,19,20)/b12-11+. The van der Waals surface area contributed by atoms with Crippen LogP contribution < -0.4 is 10.6 Å². The molecule has 1 aromatic rings. The monoisotopic (exact) mass is 272 g/mol. The number of allylic oxidation sites excluding steroid dienone is 1. The van der Waals surface area contributed by atoms with Crippen LogP contribution in [-0.4, -0.2) is 6.03 Å². The second-order valence-corrected chi connectivity index (χ2v) is 5.62. The fourth-order valence-corrected chi connectivity index (χ4v) is 2.75. The summed E-state index contributed by atoms with van der Waals surface area (Å²) < 4.78 is 0. The van der Waals surface area contributed by atoms with Gasteiger partial charge in [0.05, 0.1) is 0 Å². The number of carbonyl (C=O) groups excluding carboxylic acids is 1. The third kappa shape index (κ3) is 4.12. The number of hydrogen-bond donors (Lipinski definition) is 2. The molecule has 108 valence electrons. The molecule has 1 aliphatic carbocycles. The van der Waals surface area contributed by atoms with Crippen molar-refractivity contribution < 1.29 is 4.79 Å². The van der Waals surface area contributed by atoms with Crippen molar-refractivity contribution in [2.75, 3.05) is 5.32 Å². The average molecular weight is 272 g/mol. The van der Waals surface area contributed by atoms with Crippen LogP contribution in [0.25, 0.3) is 0 Å². The largest absolute Gasteiger partial charge is 0.323 e. The maximum absolute atomic E-state index is 11.9. The molecular formula is C17H24N2O. The zero-order valence-electron chi connectivity index (χ0n) is 12.4. The van der Waals surface area contributed by atoms with Crippen LogP contribution in [0, 0.1) is 19.8 Å². The smallest absolute Gasteiger partial charge is 0.315 e. The van der Waals surface area contributed by atoms with Gasteiger partial charge in [-0.1, -0.05) is 43.5 Å². The van der Waals surface area contributed by atoms with E-state index >= 15 is 0 Å². The lowest BCUT2D eigenvalue weighted by molar-refractivity contribution is 0.255. The summed E-state index contributed by atoms with van der Waals surface area (Å²) in [5, 5.41) is 5.72. The van der Waals surface area contributed by atoms with E-state index in [0.717, 1.165) is 16.8 Å². The molecule has 1 aromatic carbocycles. The van der Waals surface area contributed by atoms with Gasteiger partial charge >= 0.3 is 6.03 Å². The van der Waals surface area contributed by atoms with Crippen LogP contribution in [0.3, 0.4) is 0 Å². The van der Waals surface area contributed by atoms with Crippen molar-refractivity contribution in [3.8, 4) is 0 Å². The van der Waals surface area contributed by atoms with Crippen molar-refractivity contribution in [3.63, 3.8) is 0 Å². The molecule has 3 heteroatoms. The van der Waals surface area contributed by atoms with E-state index < -0.39 is 0 Å². The summed E-state index contributed by atoms with van der Waals surface area (Å²) >= 11 is 0. The third-order valence-electron chi connectivity index (χ3n) is 3.95. The van der Waals surface area contributed by atoms with Crippen molar-refractivity contribution in [2.24, 2.45) is 5.92 Å².